The van der Waals surface area contributed by atoms with Crippen molar-refractivity contribution in [3.8, 4) is 44.5 Å². The summed E-state index contributed by atoms with van der Waals surface area (Å²) in [5, 5.41) is 0.634. The molecule has 73 heavy (non-hydrogen) atoms. The smallest absolute Gasteiger partial charge is 0.0887 e. The maximum atomic E-state index is 7.93. The van der Waals surface area contributed by atoms with Crippen LogP contribution in [0, 0.1) is 0 Å². The first-order valence-electron chi connectivity index (χ1n) is 25.8. The lowest BCUT2D eigenvalue weighted by molar-refractivity contribution is 0.590. The van der Waals surface area contributed by atoms with Gasteiger partial charge in [-0.25, -0.2) is 0 Å². The second kappa shape index (κ2) is 20.1. The van der Waals surface area contributed by atoms with Crippen molar-refractivity contribution < 1.29 is 0 Å². The van der Waals surface area contributed by atoms with Crippen LogP contribution in [0.5, 0.6) is 0 Å². The van der Waals surface area contributed by atoms with Crippen molar-refractivity contribution in [3.05, 3.63) is 240 Å². The molecule has 0 atom stereocenters. The van der Waals surface area contributed by atoms with Crippen molar-refractivity contribution in [1.82, 2.24) is 0 Å². The third-order valence-electron chi connectivity index (χ3n) is 14.3. The van der Waals surface area contributed by atoms with E-state index < -0.39 is 0 Å². The van der Waals surface area contributed by atoms with Gasteiger partial charge in [-0.2, -0.15) is 0 Å². The van der Waals surface area contributed by atoms with Crippen LogP contribution in [0.1, 0.15) is 105 Å². The van der Waals surface area contributed by atoms with E-state index in [2.05, 4.69) is 305 Å². The molecule has 368 valence electrons. The molecule has 9 rings (SSSR count). The molecule has 0 radical (unpaired) electrons. The van der Waals surface area contributed by atoms with Crippen LogP contribution in [0.4, 0.5) is 34.1 Å². The quantitative estimate of drug-likeness (QED) is 0.135. The van der Waals surface area contributed by atoms with Gasteiger partial charge < -0.3 is 9.80 Å². The van der Waals surface area contributed by atoms with E-state index in [0.29, 0.717) is 5.02 Å². The topological polar surface area (TPSA) is 6.48 Å². The molecule has 9 aromatic carbocycles. The van der Waals surface area contributed by atoms with E-state index in [0.717, 1.165) is 56.4 Å². The Balaban J connectivity index is 1.14. The zero-order chi connectivity index (χ0) is 51.9. The average molecular weight is 976 g/mol. The first-order chi connectivity index (χ1) is 34.6. The summed E-state index contributed by atoms with van der Waals surface area (Å²) in [5.41, 5.74) is 20.8. The molecule has 0 aromatic heterocycles. The minimum absolute atomic E-state index is 0.0858. The second-order valence-corrected chi connectivity index (χ2v) is 24.2. The highest BCUT2D eigenvalue weighted by molar-refractivity contribution is 6.36. The standard InChI is InChI=1S/C70H71ClN2/c1-67(2,3)56-32-16-48(17-33-56)52-24-40-60(41-25-52)72(61-42-26-53(27-43-61)49-18-34-57(35-19-49)68(4,5)6)64-14-13-15-65(66(64)71)73(62-44-28-54(29-45-62)50-20-36-58(37-21-50)69(7,8)9)63-46-30-55(31-47-63)51-22-38-59(39-23-51)70(10,11)12/h13-47H,1-12H3. The Labute approximate surface area is 442 Å². The highest BCUT2D eigenvalue weighted by Gasteiger charge is 2.24. The molecule has 0 aliphatic rings. The molecule has 0 fully saturated rings. The number of hydrogen-bond donors (Lipinski definition) is 0. The normalized spacial score (nSPS) is 12.2. The van der Waals surface area contributed by atoms with E-state index in [-0.39, 0.29) is 21.7 Å². The summed E-state index contributed by atoms with van der Waals surface area (Å²) >= 11 is 7.93. The summed E-state index contributed by atoms with van der Waals surface area (Å²) < 4.78 is 0. The molecular weight excluding hydrogens is 904 g/mol. The summed E-state index contributed by atoms with van der Waals surface area (Å²) in [5.74, 6) is 0. The lowest BCUT2D eigenvalue weighted by Crippen LogP contribution is -2.14. The Bertz CT molecular complexity index is 2860. The predicted octanol–water partition coefficient (Wildman–Crippen LogP) is 21.1. The van der Waals surface area contributed by atoms with E-state index in [1.165, 1.54) is 44.5 Å². The van der Waals surface area contributed by atoms with E-state index in [1.807, 2.05) is 0 Å². The van der Waals surface area contributed by atoms with Gasteiger partial charge in [0.2, 0.25) is 0 Å². The summed E-state index contributed by atoms with van der Waals surface area (Å²) in [6.45, 7) is 27.1. The number of rotatable bonds is 10. The van der Waals surface area contributed by atoms with Gasteiger partial charge in [-0.3, -0.25) is 0 Å². The minimum atomic E-state index is 0.0858. The molecule has 0 unspecified atom stereocenters. The first-order valence-corrected chi connectivity index (χ1v) is 26.2. The molecule has 0 bridgehead atoms. The summed E-state index contributed by atoms with van der Waals surface area (Å²) in [4.78, 5) is 4.58. The molecule has 0 saturated heterocycles. The SMILES string of the molecule is CC(C)(C)c1ccc(-c2ccc(N(c3ccc(-c4ccc(C(C)(C)C)cc4)cc3)c3cccc(N(c4ccc(-c5ccc(C(C)(C)C)cc5)cc4)c4ccc(-c5ccc(C(C)(C)C)cc5)cc4)c3Cl)cc2)cc1. The Morgan fingerprint density at radius 3 is 0.562 bits per heavy atom. The van der Waals surface area contributed by atoms with Gasteiger partial charge in [-0.1, -0.05) is 246 Å². The third kappa shape index (κ3) is 11.3. The molecule has 0 aliphatic carbocycles. The van der Waals surface area contributed by atoms with Gasteiger partial charge in [0.05, 0.1) is 16.4 Å². The lowest BCUT2D eigenvalue weighted by Gasteiger charge is -2.31. The molecule has 3 heteroatoms. The van der Waals surface area contributed by atoms with Crippen LogP contribution in [0.2, 0.25) is 5.02 Å². The highest BCUT2D eigenvalue weighted by Crippen LogP contribution is 2.48. The Morgan fingerprint density at radius 2 is 0.397 bits per heavy atom. The maximum absolute atomic E-state index is 7.93. The molecule has 9 aromatic rings. The molecule has 0 aliphatic heterocycles. The summed E-state index contributed by atoms with van der Waals surface area (Å²) in [6, 6.07) is 77.8. The number of anilines is 6. The Hall–Kier alpha value is -7.13. The van der Waals surface area contributed by atoms with Crippen molar-refractivity contribution in [2.45, 2.75) is 105 Å². The van der Waals surface area contributed by atoms with Crippen molar-refractivity contribution in [1.29, 1.82) is 0 Å². The monoisotopic (exact) mass is 975 g/mol. The van der Waals surface area contributed by atoms with Crippen molar-refractivity contribution in [3.63, 3.8) is 0 Å². The van der Waals surface area contributed by atoms with Gasteiger partial charge in [0.25, 0.3) is 0 Å². The lowest BCUT2D eigenvalue weighted by atomic mass is 9.86. The summed E-state index contributed by atoms with van der Waals surface area (Å²) in [7, 11) is 0. The van der Waals surface area contributed by atoms with E-state index in [4.69, 9.17) is 11.6 Å². The van der Waals surface area contributed by atoms with E-state index in [9.17, 15) is 0 Å². The van der Waals surface area contributed by atoms with Crippen molar-refractivity contribution in [2.75, 3.05) is 9.80 Å². The zero-order valence-corrected chi connectivity index (χ0v) is 45.7. The highest BCUT2D eigenvalue weighted by atomic mass is 35.5. The van der Waals surface area contributed by atoms with Gasteiger partial charge >= 0.3 is 0 Å². The van der Waals surface area contributed by atoms with Gasteiger partial charge in [-0.05, 0) is 149 Å². The number of hydrogen-bond acceptors (Lipinski definition) is 2. The van der Waals surface area contributed by atoms with Crippen molar-refractivity contribution >= 4 is 45.7 Å². The number of halogens is 1. The fraction of sp³-hybridized carbons (Fsp3) is 0.229. The van der Waals surface area contributed by atoms with Crippen molar-refractivity contribution in [2.24, 2.45) is 0 Å². The van der Waals surface area contributed by atoms with Crippen LogP contribution < -0.4 is 9.80 Å². The number of benzene rings is 9. The van der Waals surface area contributed by atoms with Gasteiger partial charge in [-0.15, -0.1) is 0 Å². The van der Waals surface area contributed by atoms with Gasteiger partial charge in [0.15, 0.2) is 0 Å². The van der Waals surface area contributed by atoms with Crippen LogP contribution in [-0.4, -0.2) is 0 Å². The fourth-order valence-corrected chi connectivity index (χ4v) is 9.87. The van der Waals surface area contributed by atoms with Gasteiger partial charge in [0, 0.05) is 22.7 Å². The van der Waals surface area contributed by atoms with Crippen LogP contribution >= 0.6 is 11.6 Å². The molecule has 0 heterocycles. The minimum Gasteiger partial charge on any atom is -0.309 e. The molecule has 0 spiro atoms. The molecule has 0 N–H and O–H groups in total. The largest absolute Gasteiger partial charge is 0.309 e. The molecule has 0 amide bonds. The molecule has 0 saturated carbocycles. The summed E-state index contributed by atoms with van der Waals surface area (Å²) in [6.07, 6.45) is 0. The Kier molecular flexibility index (Phi) is 14.0. The average Bonchev–Trinajstić information content (AvgIpc) is 3.37. The Morgan fingerprint density at radius 1 is 0.233 bits per heavy atom. The molecule has 2 nitrogen and oxygen atoms in total. The van der Waals surface area contributed by atoms with E-state index >= 15 is 0 Å². The maximum Gasteiger partial charge on any atom is 0.0887 e. The van der Waals surface area contributed by atoms with Gasteiger partial charge in [0.1, 0.15) is 0 Å². The number of nitrogens with zero attached hydrogens (tertiary/aromatic N) is 2. The van der Waals surface area contributed by atoms with Crippen LogP contribution in [0.3, 0.4) is 0 Å². The van der Waals surface area contributed by atoms with Crippen LogP contribution in [-0.2, 0) is 21.7 Å². The van der Waals surface area contributed by atoms with E-state index in [1.54, 1.807) is 0 Å². The first kappa shape index (κ1) is 50.8. The predicted molar refractivity (Wildman–Crippen MR) is 317 cm³/mol. The second-order valence-electron chi connectivity index (χ2n) is 23.8. The zero-order valence-electron chi connectivity index (χ0n) is 45.0. The van der Waals surface area contributed by atoms with Crippen LogP contribution in [0.25, 0.3) is 44.5 Å². The van der Waals surface area contributed by atoms with Crippen LogP contribution in [0.15, 0.2) is 212 Å². The molecular formula is C70H71ClN2. The third-order valence-corrected chi connectivity index (χ3v) is 14.7. The fourth-order valence-electron chi connectivity index (χ4n) is 9.57.